The Morgan fingerprint density at radius 2 is 1.90 bits per heavy atom. The van der Waals surface area contributed by atoms with Crippen LogP contribution in [0.5, 0.6) is 0 Å². The van der Waals surface area contributed by atoms with Gasteiger partial charge in [-0.05, 0) is 30.9 Å². The number of phosphoric ester groups is 1. The van der Waals surface area contributed by atoms with Crippen LogP contribution in [0.2, 0.25) is 0 Å². The molecule has 0 saturated heterocycles. The highest BCUT2D eigenvalue weighted by Gasteiger charge is 2.38. The molecule has 0 aliphatic heterocycles. The normalized spacial score (nSPS) is 16.0. The second-order valence-electron chi connectivity index (χ2n) is 9.13. The van der Waals surface area contributed by atoms with Crippen molar-refractivity contribution in [3.63, 3.8) is 0 Å². The van der Waals surface area contributed by atoms with Gasteiger partial charge in [-0.25, -0.2) is 4.57 Å². The topological polar surface area (TPSA) is 193 Å². The van der Waals surface area contributed by atoms with Gasteiger partial charge in [-0.15, -0.1) is 0 Å². The summed E-state index contributed by atoms with van der Waals surface area (Å²) in [6, 6.07) is 9.40. The van der Waals surface area contributed by atoms with E-state index in [9.17, 15) is 29.3 Å². The first-order chi connectivity index (χ1) is 20.1. The van der Waals surface area contributed by atoms with Crippen molar-refractivity contribution in [3.8, 4) is 0 Å². The van der Waals surface area contributed by atoms with Crippen molar-refractivity contribution in [3.05, 3.63) is 48.2 Å². The van der Waals surface area contributed by atoms with Gasteiger partial charge in [0.2, 0.25) is 12.3 Å². The average Bonchev–Trinajstić information content (AvgIpc) is 2.98. The lowest BCUT2D eigenvalue weighted by molar-refractivity contribution is -0.120. The Morgan fingerprint density at radius 1 is 1.24 bits per heavy atom. The van der Waals surface area contributed by atoms with Gasteiger partial charge in [0.25, 0.3) is 0 Å². The van der Waals surface area contributed by atoms with Crippen molar-refractivity contribution in [2.75, 3.05) is 33.9 Å². The van der Waals surface area contributed by atoms with E-state index in [4.69, 9.17) is 19.5 Å². The number of likely N-dealkylation sites (N-methyl/N-ethyl adjacent to an activating group) is 1. The zero-order valence-electron chi connectivity index (χ0n) is 25.3. The molecule has 0 aliphatic carbocycles. The van der Waals surface area contributed by atoms with E-state index in [0.29, 0.717) is 38.6 Å². The molecule has 0 aromatic heterocycles. The number of nitrogens with one attached hydrogen (secondary N) is 1. The standard InChI is InChI=1S/C26H43N4O9P.C2H6/c1-4-22(37-3)25(26(34)30(2)15-13-23(27)29-19-32)39-40(35,36)38-18-21(17-31)12-8-9-14-28-24(33)16-20-10-6-5-7-11-20;1-2/h5-7,10-11,13,15,19,21-22,25-26,31,34H,4,8-9,12,14,16-18H2,1-3H3,(H,28,33)(H,35,36)(H2,27,29,32);1-2H3/b15-13-;. The van der Waals surface area contributed by atoms with E-state index >= 15 is 0 Å². The molecule has 0 fully saturated rings. The lowest BCUT2D eigenvalue weighted by Gasteiger charge is -2.34. The van der Waals surface area contributed by atoms with Gasteiger partial charge in [-0.3, -0.25) is 18.6 Å². The Kier molecular flexibility index (Phi) is 21.5. The molecule has 42 heavy (non-hydrogen) atoms. The number of hydrogen-bond acceptors (Lipinski definition) is 9. The first-order valence-electron chi connectivity index (χ1n) is 14.0. The highest BCUT2D eigenvalue weighted by atomic mass is 31.2. The summed E-state index contributed by atoms with van der Waals surface area (Å²) in [4.78, 5) is 37.4. The maximum atomic E-state index is 12.8. The van der Waals surface area contributed by atoms with E-state index in [1.807, 2.05) is 44.2 Å². The Hall–Kier alpha value is -2.64. The van der Waals surface area contributed by atoms with Gasteiger partial charge in [-0.1, -0.05) is 57.5 Å². The highest BCUT2D eigenvalue weighted by Crippen LogP contribution is 2.46. The zero-order valence-corrected chi connectivity index (χ0v) is 26.2. The number of aliphatic hydroxyl groups is 2. The molecule has 0 saturated carbocycles. The second kappa shape index (κ2) is 22.9. The van der Waals surface area contributed by atoms with Crippen molar-refractivity contribution in [2.24, 2.45) is 16.6 Å². The molecule has 14 heteroatoms. The van der Waals surface area contributed by atoms with E-state index in [2.05, 4.69) is 10.3 Å². The van der Waals surface area contributed by atoms with Gasteiger partial charge >= 0.3 is 7.82 Å². The van der Waals surface area contributed by atoms with Gasteiger partial charge in [0.05, 0.1) is 19.1 Å². The third-order valence-corrected chi connectivity index (χ3v) is 7.01. The summed E-state index contributed by atoms with van der Waals surface area (Å²) in [5.41, 5.74) is 6.45. The molecule has 0 bridgehead atoms. The lowest BCUT2D eigenvalue weighted by Crippen LogP contribution is -2.47. The number of phosphoric acid groups is 1. The monoisotopic (exact) mass is 616 g/mol. The summed E-state index contributed by atoms with van der Waals surface area (Å²) < 4.78 is 28.6. The van der Waals surface area contributed by atoms with Crippen LogP contribution in [0, 0.1) is 5.92 Å². The third-order valence-electron chi connectivity index (χ3n) is 6.02. The molecule has 0 aliphatic rings. The summed E-state index contributed by atoms with van der Waals surface area (Å²) in [7, 11) is -1.85. The van der Waals surface area contributed by atoms with E-state index in [1.54, 1.807) is 6.92 Å². The molecular weight excluding hydrogens is 567 g/mol. The van der Waals surface area contributed by atoms with E-state index < -0.39 is 32.2 Å². The summed E-state index contributed by atoms with van der Waals surface area (Å²) in [6.07, 6.45) is 1.74. The number of methoxy groups -OCH3 is 1. The number of nitrogens with two attached hydrogens (primary N) is 1. The highest BCUT2D eigenvalue weighted by molar-refractivity contribution is 7.47. The smallest absolute Gasteiger partial charge is 0.396 e. The number of nitrogens with zero attached hydrogens (tertiary/aromatic N) is 2. The Bertz CT molecular complexity index is 977. The number of unbranched alkanes of at least 4 members (excludes halogenated alkanes) is 1. The molecule has 6 N–H and O–H groups in total. The largest absolute Gasteiger partial charge is 0.472 e. The van der Waals surface area contributed by atoms with Crippen molar-refractivity contribution in [1.82, 2.24) is 10.2 Å². The Balaban J connectivity index is 0.00000821. The van der Waals surface area contributed by atoms with Crippen LogP contribution in [-0.4, -0.2) is 90.5 Å². The number of carbonyl (C=O) groups is 2. The van der Waals surface area contributed by atoms with Gasteiger partial charge < -0.3 is 35.8 Å². The van der Waals surface area contributed by atoms with E-state index in [0.717, 1.165) is 5.56 Å². The van der Waals surface area contributed by atoms with Crippen LogP contribution in [0.4, 0.5) is 0 Å². The molecule has 0 spiro atoms. The van der Waals surface area contributed by atoms with Crippen LogP contribution >= 0.6 is 7.82 Å². The van der Waals surface area contributed by atoms with Crippen molar-refractivity contribution < 1.29 is 43.0 Å². The number of ether oxygens (including phenoxy) is 1. The second-order valence-corrected chi connectivity index (χ2v) is 10.5. The maximum Gasteiger partial charge on any atom is 0.472 e. The van der Waals surface area contributed by atoms with Crippen LogP contribution in [0.25, 0.3) is 0 Å². The number of hydrogen-bond donors (Lipinski definition) is 5. The third kappa shape index (κ3) is 16.7. The summed E-state index contributed by atoms with van der Waals surface area (Å²) in [5.74, 6) is -0.628. The fourth-order valence-corrected chi connectivity index (χ4v) is 4.72. The SMILES string of the molecule is CC.CCC(OC)C(OP(=O)(O)OCC(CO)CCCCNC(=O)Cc1ccccc1)C(O)N(C)/C=C\C(N)=NC=O. The zero-order chi connectivity index (χ0) is 32.0. The van der Waals surface area contributed by atoms with Crippen LogP contribution in [0.3, 0.4) is 0 Å². The molecule has 240 valence electrons. The quantitative estimate of drug-likeness (QED) is 0.0340. The average molecular weight is 617 g/mol. The van der Waals surface area contributed by atoms with Crippen molar-refractivity contribution in [2.45, 2.75) is 71.3 Å². The van der Waals surface area contributed by atoms with E-state index in [-0.39, 0.29) is 31.4 Å². The lowest BCUT2D eigenvalue weighted by atomic mass is 10.0. The number of carbonyl (C=O) groups excluding carboxylic acids is 2. The number of benzene rings is 1. The first-order valence-corrected chi connectivity index (χ1v) is 15.5. The van der Waals surface area contributed by atoms with Crippen LogP contribution in [-0.2, 0) is 34.4 Å². The minimum atomic E-state index is -4.68. The molecule has 13 nitrogen and oxygen atoms in total. The summed E-state index contributed by atoms with van der Waals surface area (Å²) in [6.45, 7) is 5.68. The fraction of sp³-hybridized carbons (Fsp3) is 0.607. The molecule has 1 aromatic carbocycles. The van der Waals surface area contributed by atoms with Crippen LogP contribution in [0.15, 0.2) is 47.6 Å². The van der Waals surface area contributed by atoms with Crippen molar-refractivity contribution >= 4 is 26.0 Å². The molecule has 1 aromatic rings. The number of amides is 2. The van der Waals surface area contributed by atoms with Crippen LogP contribution < -0.4 is 11.1 Å². The minimum Gasteiger partial charge on any atom is -0.396 e. The van der Waals surface area contributed by atoms with Crippen LogP contribution in [0.1, 0.15) is 52.0 Å². The molecule has 0 heterocycles. The van der Waals surface area contributed by atoms with Gasteiger partial charge in [-0.2, -0.15) is 4.99 Å². The van der Waals surface area contributed by atoms with E-state index in [1.165, 1.54) is 31.3 Å². The Morgan fingerprint density at radius 3 is 2.48 bits per heavy atom. The molecule has 0 radical (unpaired) electrons. The molecule has 5 unspecified atom stereocenters. The molecule has 1 rings (SSSR count). The summed E-state index contributed by atoms with van der Waals surface area (Å²) >= 11 is 0. The fourth-order valence-electron chi connectivity index (χ4n) is 3.71. The number of amidine groups is 1. The van der Waals surface area contributed by atoms with Crippen molar-refractivity contribution in [1.29, 1.82) is 0 Å². The molecular formula is C28H49N4O9P. The number of aliphatic imine (C=N–C) groups is 1. The number of rotatable bonds is 21. The summed E-state index contributed by atoms with van der Waals surface area (Å²) in [5, 5.41) is 23.3. The van der Waals surface area contributed by atoms with Gasteiger partial charge in [0, 0.05) is 39.4 Å². The Labute approximate surface area is 249 Å². The molecule has 5 atom stereocenters. The van der Waals surface area contributed by atoms with Gasteiger partial charge in [0.1, 0.15) is 11.9 Å². The maximum absolute atomic E-state index is 12.8. The predicted molar refractivity (Wildman–Crippen MR) is 161 cm³/mol. The molecule has 2 amide bonds. The van der Waals surface area contributed by atoms with Gasteiger partial charge in [0.15, 0.2) is 6.23 Å². The number of aliphatic hydroxyl groups excluding tert-OH is 2. The predicted octanol–water partition coefficient (Wildman–Crippen LogP) is 2.36. The minimum absolute atomic E-state index is 0.0801. The first kappa shape index (κ1) is 39.4.